The van der Waals surface area contributed by atoms with E-state index in [1.807, 2.05) is 12.1 Å². The van der Waals surface area contributed by atoms with Crippen LogP contribution in [0.1, 0.15) is 31.4 Å². The fourth-order valence-electron chi connectivity index (χ4n) is 2.09. The number of aliphatic hydroxyl groups excluding tert-OH is 1. The summed E-state index contributed by atoms with van der Waals surface area (Å²) in [6.45, 7) is 4.59. The maximum Gasteiger partial charge on any atom is 0.0558 e. The predicted molar refractivity (Wildman–Crippen MR) is 79.5 cm³/mol. The SMILES string of the molecule is CCCCN(CCO)C(CN)c1ccc(Br)cc1. The summed E-state index contributed by atoms with van der Waals surface area (Å²) in [6.07, 6.45) is 2.28. The monoisotopic (exact) mass is 314 g/mol. The maximum absolute atomic E-state index is 9.18. The first-order chi connectivity index (χ1) is 8.72. The van der Waals surface area contributed by atoms with Gasteiger partial charge in [0.25, 0.3) is 0 Å². The van der Waals surface area contributed by atoms with Gasteiger partial charge in [-0.15, -0.1) is 0 Å². The van der Waals surface area contributed by atoms with E-state index in [-0.39, 0.29) is 12.6 Å². The predicted octanol–water partition coefficient (Wildman–Crippen LogP) is 2.54. The second-order valence-electron chi connectivity index (χ2n) is 4.42. The molecule has 0 spiro atoms. The number of hydrogen-bond acceptors (Lipinski definition) is 3. The molecule has 3 N–H and O–H groups in total. The molecule has 102 valence electrons. The minimum atomic E-state index is 0.177. The van der Waals surface area contributed by atoms with Gasteiger partial charge in [0, 0.05) is 23.6 Å². The van der Waals surface area contributed by atoms with Crippen molar-refractivity contribution in [3.05, 3.63) is 34.3 Å². The van der Waals surface area contributed by atoms with Gasteiger partial charge in [-0.05, 0) is 30.7 Å². The first kappa shape index (κ1) is 15.6. The van der Waals surface area contributed by atoms with E-state index in [0.717, 1.165) is 23.9 Å². The maximum atomic E-state index is 9.18. The van der Waals surface area contributed by atoms with Gasteiger partial charge in [0.15, 0.2) is 0 Å². The molecule has 0 fully saturated rings. The second-order valence-corrected chi connectivity index (χ2v) is 5.33. The summed E-state index contributed by atoms with van der Waals surface area (Å²) in [4.78, 5) is 2.27. The summed E-state index contributed by atoms with van der Waals surface area (Å²) in [5.74, 6) is 0. The van der Waals surface area contributed by atoms with Crippen molar-refractivity contribution >= 4 is 15.9 Å². The zero-order valence-corrected chi connectivity index (χ0v) is 12.6. The van der Waals surface area contributed by atoms with Crippen LogP contribution in [0.2, 0.25) is 0 Å². The fraction of sp³-hybridized carbons (Fsp3) is 0.571. The number of aliphatic hydroxyl groups is 1. The van der Waals surface area contributed by atoms with Crippen molar-refractivity contribution in [2.45, 2.75) is 25.8 Å². The number of hydrogen-bond donors (Lipinski definition) is 2. The molecule has 0 saturated carbocycles. The van der Waals surface area contributed by atoms with Crippen molar-refractivity contribution in [2.24, 2.45) is 5.73 Å². The largest absolute Gasteiger partial charge is 0.395 e. The molecule has 3 nitrogen and oxygen atoms in total. The van der Waals surface area contributed by atoms with Crippen LogP contribution in [0.4, 0.5) is 0 Å². The van der Waals surface area contributed by atoms with Gasteiger partial charge < -0.3 is 10.8 Å². The standard InChI is InChI=1S/C14H23BrN2O/c1-2-3-8-17(9-10-18)14(11-16)12-4-6-13(15)7-5-12/h4-7,14,18H,2-3,8-11,16H2,1H3. The molecule has 0 radical (unpaired) electrons. The van der Waals surface area contributed by atoms with Crippen molar-refractivity contribution in [1.29, 1.82) is 0 Å². The quantitative estimate of drug-likeness (QED) is 0.775. The third-order valence-electron chi connectivity index (χ3n) is 3.10. The van der Waals surface area contributed by atoms with Crippen LogP contribution in [0.3, 0.4) is 0 Å². The van der Waals surface area contributed by atoms with E-state index in [1.54, 1.807) is 0 Å². The van der Waals surface area contributed by atoms with Gasteiger partial charge in [0.05, 0.1) is 6.61 Å². The molecular weight excluding hydrogens is 292 g/mol. The van der Waals surface area contributed by atoms with Crippen LogP contribution < -0.4 is 5.73 Å². The van der Waals surface area contributed by atoms with Crippen LogP contribution in [0, 0.1) is 0 Å². The molecule has 4 heteroatoms. The Morgan fingerprint density at radius 1 is 1.28 bits per heavy atom. The number of benzene rings is 1. The summed E-state index contributed by atoms with van der Waals surface area (Å²) in [6, 6.07) is 8.46. The van der Waals surface area contributed by atoms with E-state index in [4.69, 9.17) is 5.73 Å². The summed E-state index contributed by atoms with van der Waals surface area (Å²) in [7, 11) is 0. The number of rotatable bonds is 8. The Morgan fingerprint density at radius 3 is 2.44 bits per heavy atom. The Balaban J connectivity index is 2.79. The zero-order chi connectivity index (χ0) is 13.4. The Morgan fingerprint density at radius 2 is 1.94 bits per heavy atom. The highest BCUT2D eigenvalue weighted by atomic mass is 79.9. The Kier molecular flexibility index (Phi) is 7.51. The fourth-order valence-corrected chi connectivity index (χ4v) is 2.36. The van der Waals surface area contributed by atoms with Gasteiger partial charge in [-0.25, -0.2) is 0 Å². The lowest BCUT2D eigenvalue weighted by atomic mass is 10.0. The first-order valence-electron chi connectivity index (χ1n) is 6.53. The molecule has 0 bridgehead atoms. The first-order valence-corrected chi connectivity index (χ1v) is 7.32. The molecule has 0 heterocycles. The van der Waals surface area contributed by atoms with E-state index < -0.39 is 0 Å². The van der Waals surface area contributed by atoms with Gasteiger partial charge in [-0.2, -0.15) is 0 Å². The lowest BCUT2D eigenvalue weighted by Crippen LogP contribution is -2.36. The summed E-state index contributed by atoms with van der Waals surface area (Å²) in [5.41, 5.74) is 7.12. The topological polar surface area (TPSA) is 49.5 Å². The normalized spacial score (nSPS) is 12.9. The van der Waals surface area contributed by atoms with Crippen molar-refractivity contribution in [1.82, 2.24) is 4.90 Å². The Labute approximate surface area is 118 Å². The lowest BCUT2D eigenvalue weighted by Gasteiger charge is -2.30. The van der Waals surface area contributed by atoms with Crippen molar-refractivity contribution in [3.8, 4) is 0 Å². The average Bonchev–Trinajstić information content (AvgIpc) is 2.39. The number of nitrogens with two attached hydrogens (primary N) is 1. The molecule has 0 aromatic heterocycles. The Bertz CT molecular complexity index is 329. The van der Waals surface area contributed by atoms with Crippen molar-refractivity contribution in [2.75, 3.05) is 26.2 Å². The van der Waals surface area contributed by atoms with Crippen LogP contribution in [-0.2, 0) is 0 Å². The van der Waals surface area contributed by atoms with Gasteiger partial charge in [0.1, 0.15) is 0 Å². The second kappa shape index (κ2) is 8.64. The van der Waals surface area contributed by atoms with Gasteiger partial charge in [0.2, 0.25) is 0 Å². The Hall–Kier alpha value is -0.420. The number of unbranched alkanes of at least 4 members (excludes halogenated alkanes) is 1. The molecule has 0 amide bonds. The van der Waals surface area contributed by atoms with Crippen LogP contribution in [0.25, 0.3) is 0 Å². The van der Waals surface area contributed by atoms with E-state index in [9.17, 15) is 5.11 Å². The highest BCUT2D eigenvalue weighted by Gasteiger charge is 2.17. The van der Waals surface area contributed by atoms with Crippen LogP contribution in [0.5, 0.6) is 0 Å². The summed E-state index contributed by atoms with van der Waals surface area (Å²) >= 11 is 3.44. The van der Waals surface area contributed by atoms with E-state index in [2.05, 4.69) is 39.9 Å². The van der Waals surface area contributed by atoms with E-state index in [1.165, 1.54) is 5.56 Å². The molecular formula is C14H23BrN2O. The summed E-state index contributed by atoms with van der Waals surface area (Å²) in [5, 5.41) is 9.18. The van der Waals surface area contributed by atoms with Gasteiger partial charge in [-0.1, -0.05) is 41.4 Å². The lowest BCUT2D eigenvalue weighted by molar-refractivity contribution is 0.151. The highest BCUT2D eigenvalue weighted by molar-refractivity contribution is 9.10. The van der Waals surface area contributed by atoms with Crippen LogP contribution >= 0.6 is 15.9 Å². The third kappa shape index (κ3) is 4.69. The van der Waals surface area contributed by atoms with Crippen LogP contribution in [-0.4, -0.2) is 36.2 Å². The zero-order valence-electron chi connectivity index (χ0n) is 11.0. The molecule has 0 saturated heterocycles. The average molecular weight is 315 g/mol. The molecule has 0 aliphatic rings. The molecule has 1 rings (SSSR count). The molecule has 1 unspecified atom stereocenters. The summed E-state index contributed by atoms with van der Waals surface area (Å²) < 4.78 is 1.07. The third-order valence-corrected chi connectivity index (χ3v) is 3.63. The highest BCUT2D eigenvalue weighted by Crippen LogP contribution is 2.22. The molecule has 0 aliphatic carbocycles. The van der Waals surface area contributed by atoms with Gasteiger partial charge in [-0.3, -0.25) is 4.90 Å². The van der Waals surface area contributed by atoms with E-state index in [0.29, 0.717) is 13.1 Å². The van der Waals surface area contributed by atoms with E-state index >= 15 is 0 Å². The van der Waals surface area contributed by atoms with Crippen LogP contribution in [0.15, 0.2) is 28.7 Å². The number of halogens is 1. The number of nitrogens with zero attached hydrogens (tertiary/aromatic N) is 1. The molecule has 18 heavy (non-hydrogen) atoms. The minimum Gasteiger partial charge on any atom is -0.395 e. The van der Waals surface area contributed by atoms with Crippen molar-refractivity contribution < 1.29 is 5.11 Å². The minimum absolute atomic E-state index is 0.177. The molecule has 0 aliphatic heterocycles. The van der Waals surface area contributed by atoms with Gasteiger partial charge >= 0.3 is 0 Å². The molecule has 1 atom stereocenters. The van der Waals surface area contributed by atoms with Crippen molar-refractivity contribution in [3.63, 3.8) is 0 Å². The molecule has 1 aromatic carbocycles. The smallest absolute Gasteiger partial charge is 0.0558 e. The molecule has 1 aromatic rings.